The van der Waals surface area contributed by atoms with E-state index in [1.165, 1.54) is 4.85 Å². The zero-order chi connectivity index (χ0) is 21.5. The number of nitrogens with zero attached hydrogens (tertiary/aromatic N) is 3. The molecule has 7 nitrogen and oxygen atoms in total. The fourth-order valence-corrected chi connectivity index (χ4v) is 4.21. The van der Waals surface area contributed by atoms with Gasteiger partial charge < -0.3 is 19.4 Å². The summed E-state index contributed by atoms with van der Waals surface area (Å²) in [4.78, 5) is 12.4. The van der Waals surface area contributed by atoms with Crippen molar-refractivity contribution in [3.05, 3.63) is 47.1 Å². The van der Waals surface area contributed by atoms with Crippen LogP contribution in [-0.2, 0) is 4.74 Å². The molecule has 9 heteroatoms. The van der Waals surface area contributed by atoms with Gasteiger partial charge in [0.15, 0.2) is 5.65 Å². The maximum absolute atomic E-state index is 9.86. The van der Waals surface area contributed by atoms with Gasteiger partial charge in [-0.05, 0) is 61.5 Å². The number of phenolic OH excluding ortho intramolecular Hbond substituents is 1. The average Bonchev–Trinajstić information content (AvgIpc) is 3.41. The summed E-state index contributed by atoms with van der Waals surface area (Å²) in [6.45, 7) is 3.12. The summed E-state index contributed by atoms with van der Waals surface area (Å²) in [5, 5.41) is 17.5. The second-order valence-electron chi connectivity index (χ2n) is 7.63. The highest BCUT2D eigenvalue weighted by atomic mass is 35.5. The van der Waals surface area contributed by atoms with Crippen LogP contribution in [0.25, 0.3) is 33.1 Å². The van der Waals surface area contributed by atoms with E-state index in [0.29, 0.717) is 17.9 Å². The van der Waals surface area contributed by atoms with Crippen molar-refractivity contribution >= 4 is 45.8 Å². The molecule has 32 heavy (non-hydrogen) atoms. The molecule has 5 rings (SSSR count). The molecule has 1 N–H and O–H groups in total. The van der Waals surface area contributed by atoms with Crippen molar-refractivity contribution in [2.24, 2.45) is 0 Å². The molecule has 0 aliphatic carbocycles. The van der Waals surface area contributed by atoms with Crippen LogP contribution in [0.2, 0.25) is 5.02 Å². The monoisotopic (exact) mass is 475 g/mol. The number of pyridine rings is 1. The molecule has 0 spiro atoms. The first-order chi connectivity index (χ1) is 15.0. The lowest BCUT2D eigenvalue weighted by atomic mass is 10.0. The topological polar surface area (TPSA) is 78.6 Å². The van der Waals surface area contributed by atoms with Crippen LogP contribution in [0.5, 0.6) is 11.5 Å². The molecule has 2 aromatic heterocycles. The highest BCUT2D eigenvalue weighted by Crippen LogP contribution is 2.37. The number of hydrogen-bond donors (Lipinski definition) is 1. The summed E-state index contributed by atoms with van der Waals surface area (Å²) < 4.78 is 11.1. The van der Waals surface area contributed by atoms with Crippen LogP contribution in [0.4, 0.5) is 0 Å². The number of hydrogen-bond acceptors (Lipinski definition) is 6. The fourth-order valence-electron chi connectivity index (χ4n) is 4.03. The van der Waals surface area contributed by atoms with Gasteiger partial charge in [-0.2, -0.15) is 0 Å². The third kappa shape index (κ3) is 3.92. The summed E-state index contributed by atoms with van der Waals surface area (Å²) >= 11 is 6.19. The van der Waals surface area contributed by atoms with Gasteiger partial charge in [-0.15, -0.1) is 17.5 Å². The van der Waals surface area contributed by atoms with Gasteiger partial charge in [0, 0.05) is 17.6 Å². The second kappa shape index (κ2) is 9.02. The number of halogens is 2. The first-order valence-electron chi connectivity index (χ1n) is 10.2. The lowest BCUT2D eigenvalue weighted by Gasteiger charge is -2.13. The lowest BCUT2D eigenvalue weighted by molar-refractivity contribution is 0.00110. The van der Waals surface area contributed by atoms with Crippen molar-refractivity contribution < 1.29 is 19.4 Å². The van der Waals surface area contributed by atoms with E-state index < -0.39 is 0 Å². The zero-order valence-corrected chi connectivity index (χ0v) is 19.2. The number of aromatic nitrogens is 3. The normalized spacial score (nSPS) is 15.8. The van der Waals surface area contributed by atoms with Gasteiger partial charge in [0.25, 0.3) is 0 Å². The number of aryl methyl sites for hydroxylation is 1. The lowest BCUT2D eigenvalue weighted by Crippen LogP contribution is -2.24. The van der Waals surface area contributed by atoms with Crippen LogP contribution in [0, 0.1) is 6.92 Å². The number of ether oxygens (including phenoxy) is 2. The van der Waals surface area contributed by atoms with Gasteiger partial charge in [-0.3, -0.25) is 0 Å². The van der Waals surface area contributed by atoms with Gasteiger partial charge in [0.2, 0.25) is 0 Å². The molecule has 1 atom stereocenters. The Balaban J connectivity index is 0.00000245. The van der Waals surface area contributed by atoms with Crippen LogP contribution in [0.1, 0.15) is 18.5 Å². The summed E-state index contributed by atoms with van der Waals surface area (Å²) in [7, 11) is 1.63. The Hall–Kier alpha value is -2.74. The standard InChI is InChI=1S/C23H22ClN3O4.ClH/c1-13-21-17-7-6-15(29-2)11-18(17)22(14-5-8-20(28)19(24)10-14)25-23(21)27(26-13)31-12-16-4-3-9-30-16;/h5-8,10-11,16,28H,3-4,9,12H2,1-2H3;1H. The molecule has 1 aliphatic rings. The van der Waals surface area contributed by atoms with Crippen LogP contribution in [-0.4, -0.2) is 46.5 Å². The molecule has 3 heterocycles. The van der Waals surface area contributed by atoms with Crippen LogP contribution >= 0.6 is 24.0 Å². The first-order valence-corrected chi connectivity index (χ1v) is 10.5. The Morgan fingerprint density at radius 3 is 2.78 bits per heavy atom. The molecule has 0 radical (unpaired) electrons. The maximum Gasteiger partial charge on any atom is 0.200 e. The van der Waals surface area contributed by atoms with E-state index in [0.717, 1.165) is 52.6 Å². The molecule has 0 bridgehead atoms. The Kier molecular flexibility index (Phi) is 6.33. The fraction of sp³-hybridized carbons (Fsp3) is 0.304. The van der Waals surface area contributed by atoms with E-state index in [-0.39, 0.29) is 29.3 Å². The smallest absolute Gasteiger partial charge is 0.200 e. The highest BCUT2D eigenvalue weighted by molar-refractivity contribution is 6.32. The molecule has 168 valence electrons. The predicted octanol–water partition coefficient (Wildman–Crippen LogP) is 4.96. The predicted molar refractivity (Wildman–Crippen MR) is 126 cm³/mol. The Labute approximate surface area is 196 Å². The minimum Gasteiger partial charge on any atom is -0.506 e. The van der Waals surface area contributed by atoms with Crippen molar-refractivity contribution in [3.63, 3.8) is 0 Å². The number of fused-ring (bicyclic) bond motifs is 3. The number of benzene rings is 2. The number of rotatable bonds is 5. The van der Waals surface area contributed by atoms with E-state index >= 15 is 0 Å². The van der Waals surface area contributed by atoms with Crippen molar-refractivity contribution in [2.75, 3.05) is 20.3 Å². The van der Waals surface area contributed by atoms with Gasteiger partial charge in [-0.1, -0.05) is 16.4 Å². The van der Waals surface area contributed by atoms with Crippen molar-refractivity contribution in [1.29, 1.82) is 0 Å². The summed E-state index contributed by atoms with van der Waals surface area (Å²) in [5.74, 6) is 0.744. The van der Waals surface area contributed by atoms with Gasteiger partial charge in [0.05, 0.1) is 35.0 Å². The van der Waals surface area contributed by atoms with Crippen molar-refractivity contribution in [1.82, 2.24) is 14.9 Å². The highest BCUT2D eigenvalue weighted by Gasteiger charge is 2.21. The zero-order valence-electron chi connectivity index (χ0n) is 17.7. The Morgan fingerprint density at radius 1 is 1.22 bits per heavy atom. The third-order valence-corrected chi connectivity index (χ3v) is 5.91. The molecule has 1 fully saturated rings. The maximum atomic E-state index is 9.86. The summed E-state index contributed by atoms with van der Waals surface area (Å²) in [5.41, 5.74) is 2.91. The third-order valence-electron chi connectivity index (χ3n) is 5.60. The minimum atomic E-state index is 0. The molecular formula is C23H23Cl2N3O4. The number of phenols is 1. The number of aromatic hydroxyl groups is 1. The average molecular weight is 476 g/mol. The van der Waals surface area contributed by atoms with Gasteiger partial charge in [0.1, 0.15) is 18.1 Å². The van der Waals surface area contributed by atoms with Crippen LogP contribution in [0.3, 0.4) is 0 Å². The van der Waals surface area contributed by atoms with E-state index in [1.807, 2.05) is 25.1 Å². The largest absolute Gasteiger partial charge is 0.506 e. The molecule has 0 saturated carbocycles. The minimum absolute atomic E-state index is 0. The Morgan fingerprint density at radius 2 is 2.06 bits per heavy atom. The first kappa shape index (κ1) is 22.5. The Bertz CT molecular complexity index is 1290. The van der Waals surface area contributed by atoms with Gasteiger partial charge >= 0.3 is 0 Å². The molecule has 1 aliphatic heterocycles. The van der Waals surface area contributed by atoms with E-state index in [2.05, 4.69) is 5.10 Å². The van der Waals surface area contributed by atoms with Gasteiger partial charge in [-0.25, -0.2) is 4.98 Å². The SMILES string of the molecule is COc1ccc2c(c1)c(-c1ccc(O)c(Cl)c1)nc1c2c(C)nn1OCC1CCCO1.Cl. The summed E-state index contributed by atoms with van der Waals surface area (Å²) in [6, 6.07) is 10.9. The van der Waals surface area contributed by atoms with Crippen LogP contribution < -0.4 is 9.57 Å². The molecule has 0 amide bonds. The van der Waals surface area contributed by atoms with Crippen molar-refractivity contribution in [2.45, 2.75) is 25.9 Å². The number of methoxy groups -OCH3 is 1. The molecule has 1 saturated heterocycles. The molecule has 1 unspecified atom stereocenters. The van der Waals surface area contributed by atoms with Crippen LogP contribution in [0.15, 0.2) is 36.4 Å². The molecule has 2 aromatic carbocycles. The second-order valence-corrected chi connectivity index (χ2v) is 8.03. The van der Waals surface area contributed by atoms with Crippen molar-refractivity contribution in [3.8, 4) is 22.8 Å². The van der Waals surface area contributed by atoms with E-state index in [9.17, 15) is 5.11 Å². The van der Waals surface area contributed by atoms with E-state index in [1.54, 1.807) is 25.3 Å². The molecular weight excluding hydrogens is 453 g/mol. The van der Waals surface area contributed by atoms with E-state index in [4.69, 9.17) is 30.9 Å². The quantitative estimate of drug-likeness (QED) is 0.439. The molecule has 4 aromatic rings. The summed E-state index contributed by atoms with van der Waals surface area (Å²) in [6.07, 6.45) is 2.09.